The predicted octanol–water partition coefficient (Wildman–Crippen LogP) is 1.13. The van der Waals surface area contributed by atoms with Gasteiger partial charge < -0.3 is 10.4 Å². The Morgan fingerprint density at radius 2 is 2.00 bits per heavy atom. The first-order valence-electron chi connectivity index (χ1n) is 6.87. The first-order valence-corrected chi connectivity index (χ1v) is 7.25. The van der Waals surface area contributed by atoms with Gasteiger partial charge in [-0.1, -0.05) is 17.7 Å². The lowest BCUT2D eigenvalue weighted by Gasteiger charge is -2.47. The van der Waals surface area contributed by atoms with Crippen LogP contribution in [0.15, 0.2) is 18.2 Å². The van der Waals surface area contributed by atoms with E-state index in [4.69, 9.17) is 11.6 Å². The van der Waals surface area contributed by atoms with Gasteiger partial charge in [0.1, 0.15) is 5.75 Å². The van der Waals surface area contributed by atoms with Gasteiger partial charge in [0.2, 0.25) is 0 Å². The normalized spacial score (nSPS) is 22.4. The first-order chi connectivity index (χ1) is 9.24. The molecule has 104 valence electrons. The number of nitrogens with one attached hydrogen (secondary N) is 1. The average molecular weight is 282 g/mol. The van der Waals surface area contributed by atoms with Crippen molar-refractivity contribution in [3.8, 4) is 5.75 Å². The number of phenolic OH excluding ortho intramolecular Hbond substituents is 1. The van der Waals surface area contributed by atoms with Crippen molar-refractivity contribution < 1.29 is 5.11 Å². The molecule has 1 aromatic carbocycles. The van der Waals surface area contributed by atoms with Crippen LogP contribution in [0.1, 0.15) is 5.56 Å². The molecular weight excluding hydrogens is 262 g/mol. The second-order valence-corrected chi connectivity index (χ2v) is 5.78. The summed E-state index contributed by atoms with van der Waals surface area (Å²) in [5.74, 6) is 0.304. The van der Waals surface area contributed by atoms with Crippen LogP contribution >= 0.6 is 11.6 Å². The van der Waals surface area contributed by atoms with Crippen LogP contribution < -0.4 is 5.32 Å². The molecule has 2 fully saturated rings. The quantitative estimate of drug-likeness (QED) is 0.871. The Morgan fingerprint density at radius 1 is 1.26 bits per heavy atom. The van der Waals surface area contributed by atoms with E-state index in [1.54, 1.807) is 12.1 Å². The van der Waals surface area contributed by atoms with E-state index in [0.717, 1.165) is 51.4 Å². The summed E-state index contributed by atoms with van der Waals surface area (Å²) < 4.78 is 0. The monoisotopic (exact) mass is 281 g/mol. The van der Waals surface area contributed by atoms with Gasteiger partial charge in [0.25, 0.3) is 0 Å². The number of nitrogens with zero attached hydrogens (tertiary/aromatic N) is 2. The maximum atomic E-state index is 9.84. The van der Waals surface area contributed by atoms with Gasteiger partial charge in [0, 0.05) is 62.4 Å². The van der Waals surface area contributed by atoms with E-state index < -0.39 is 0 Å². The fourth-order valence-electron chi connectivity index (χ4n) is 2.88. The zero-order valence-corrected chi connectivity index (χ0v) is 11.7. The fraction of sp³-hybridized carbons (Fsp3) is 0.571. The van der Waals surface area contributed by atoms with E-state index in [-0.39, 0.29) is 0 Å². The largest absolute Gasteiger partial charge is 0.508 e. The maximum Gasteiger partial charge on any atom is 0.121 e. The molecule has 1 aromatic rings. The molecule has 0 saturated carbocycles. The van der Waals surface area contributed by atoms with Gasteiger partial charge in [-0.15, -0.1) is 0 Å². The number of piperazine rings is 1. The topological polar surface area (TPSA) is 38.7 Å². The number of aromatic hydroxyl groups is 1. The fourth-order valence-corrected chi connectivity index (χ4v) is 3.11. The molecule has 2 aliphatic heterocycles. The highest BCUT2D eigenvalue weighted by atomic mass is 35.5. The summed E-state index contributed by atoms with van der Waals surface area (Å²) in [6, 6.07) is 5.99. The molecule has 2 saturated heterocycles. The van der Waals surface area contributed by atoms with Crippen LogP contribution in [0.3, 0.4) is 0 Å². The van der Waals surface area contributed by atoms with Crippen molar-refractivity contribution >= 4 is 11.6 Å². The molecule has 2 aliphatic rings. The molecule has 2 heterocycles. The average Bonchev–Trinajstić information content (AvgIpc) is 2.37. The van der Waals surface area contributed by atoms with Gasteiger partial charge in [-0.2, -0.15) is 0 Å². The zero-order valence-electron chi connectivity index (χ0n) is 11.0. The standard InChI is InChI=1S/C14H20ClN3O/c15-13-2-1-3-14(19)12(13)10-17-8-11(9-17)18-6-4-16-5-7-18/h1-3,11,16,19H,4-10H2. The highest BCUT2D eigenvalue weighted by Crippen LogP contribution is 2.28. The molecule has 5 heteroatoms. The van der Waals surface area contributed by atoms with Crippen LogP contribution in [0.25, 0.3) is 0 Å². The highest BCUT2D eigenvalue weighted by Gasteiger charge is 2.32. The Bertz CT molecular complexity index is 422. The molecule has 4 nitrogen and oxygen atoms in total. The van der Waals surface area contributed by atoms with Gasteiger partial charge in [0.05, 0.1) is 0 Å². The van der Waals surface area contributed by atoms with Crippen molar-refractivity contribution in [1.82, 2.24) is 15.1 Å². The van der Waals surface area contributed by atoms with Crippen LogP contribution in [0, 0.1) is 0 Å². The summed E-state index contributed by atoms with van der Waals surface area (Å²) in [4.78, 5) is 4.90. The third kappa shape index (κ3) is 2.87. The van der Waals surface area contributed by atoms with Crippen molar-refractivity contribution in [1.29, 1.82) is 0 Å². The molecule has 0 atom stereocenters. The number of hydrogen-bond donors (Lipinski definition) is 2. The third-order valence-electron chi connectivity index (χ3n) is 4.08. The maximum absolute atomic E-state index is 9.84. The minimum absolute atomic E-state index is 0.304. The summed E-state index contributed by atoms with van der Waals surface area (Å²) in [5, 5.41) is 13.9. The van der Waals surface area contributed by atoms with Crippen molar-refractivity contribution in [2.75, 3.05) is 39.3 Å². The minimum atomic E-state index is 0.304. The van der Waals surface area contributed by atoms with Crippen LogP contribution in [-0.2, 0) is 6.54 Å². The molecule has 2 N–H and O–H groups in total. The van der Waals surface area contributed by atoms with E-state index in [1.807, 2.05) is 6.07 Å². The molecule has 19 heavy (non-hydrogen) atoms. The van der Waals surface area contributed by atoms with E-state index >= 15 is 0 Å². The van der Waals surface area contributed by atoms with Gasteiger partial charge >= 0.3 is 0 Å². The lowest BCUT2D eigenvalue weighted by molar-refractivity contribution is 0.0219. The Morgan fingerprint density at radius 3 is 2.68 bits per heavy atom. The zero-order chi connectivity index (χ0) is 13.2. The molecule has 3 rings (SSSR count). The van der Waals surface area contributed by atoms with Crippen molar-refractivity contribution in [3.63, 3.8) is 0 Å². The summed E-state index contributed by atoms with van der Waals surface area (Å²) in [6.07, 6.45) is 0. The number of likely N-dealkylation sites (tertiary alicyclic amines) is 1. The Balaban J connectivity index is 1.53. The molecule has 0 unspecified atom stereocenters. The lowest BCUT2D eigenvalue weighted by Crippen LogP contribution is -2.62. The number of rotatable bonds is 3. The number of benzene rings is 1. The highest BCUT2D eigenvalue weighted by molar-refractivity contribution is 6.31. The smallest absolute Gasteiger partial charge is 0.121 e. The molecule has 0 amide bonds. The van der Waals surface area contributed by atoms with E-state index in [2.05, 4.69) is 15.1 Å². The first kappa shape index (κ1) is 13.2. The van der Waals surface area contributed by atoms with Crippen LogP contribution in [-0.4, -0.2) is 60.2 Å². The number of hydrogen-bond acceptors (Lipinski definition) is 4. The minimum Gasteiger partial charge on any atom is -0.508 e. The summed E-state index contributed by atoms with van der Waals surface area (Å²) >= 11 is 6.13. The second kappa shape index (κ2) is 5.67. The summed E-state index contributed by atoms with van der Waals surface area (Å²) in [6.45, 7) is 7.39. The number of halogens is 1. The van der Waals surface area contributed by atoms with Crippen molar-refractivity contribution in [2.45, 2.75) is 12.6 Å². The van der Waals surface area contributed by atoms with Gasteiger partial charge in [0.15, 0.2) is 0 Å². The SMILES string of the molecule is Oc1cccc(Cl)c1CN1CC(N2CCNCC2)C1. The molecule has 0 aliphatic carbocycles. The Hall–Kier alpha value is -0.810. The third-order valence-corrected chi connectivity index (χ3v) is 4.44. The van der Waals surface area contributed by atoms with Crippen molar-refractivity contribution in [2.24, 2.45) is 0 Å². The van der Waals surface area contributed by atoms with Gasteiger partial charge in [-0.05, 0) is 12.1 Å². The van der Waals surface area contributed by atoms with Gasteiger partial charge in [-0.3, -0.25) is 9.80 Å². The molecule has 0 aromatic heterocycles. The van der Waals surface area contributed by atoms with E-state index in [0.29, 0.717) is 16.8 Å². The van der Waals surface area contributed by atoms with Crippen LogP contribution in [0.4, 0.5) is 0 Å². The predicted molar refractivity (Wildman–Crippen MR) is 76.6 cm³/mol. The Labute approximate surface area is 119 Å². The molecule has 0 spiro atoms. The molecule has 0 bridgehead atoms. The molecule has 0 radical (unpaired) electrons. The van der Waals surface area contributed by atoms with Gasteiger partial charge in [-0.25, -0.2) is 0 Å². The summed E-state index contributed by atoms with van der Waals surface area (Å²) in [5.41, 5.74) is 0.850. The molecular formula is C14H20ClN3O. The van der Waals surface area contributed by atoms with Crippen molar-refractivity contribution in [3.05, 3.63) is 28.8 Å². The lowest BCUT2D eigenvalue weighted by atomic mass is 10.0. The Kier molecular flexibility index (Phi) is 3.93. The summed E-state index contributed by atoms with van der Waals surface area (Å²) in [7, 11) is 0. The van der Waals surface area contributed by atoms with Crippen LogP contribution in [0.2, 0.25) is 5.02 Å². The second-order valence-electron chi connectivity index (χ2n) is 5.37. The van der Waals surface area contributed by atoms with E-state index in [9.17, 15) is 5.11 Å². The van der Waals surface area contributed by atoms with Crippen LogP contribution in [0.5, 0.6) is 5.75 Å². The van der Waals surface area contributed by atoms with E-state index in [1.165, 1.54) is 0 Å². The number of phenols is 1.